The molecule has 0 spiro atoms. The van der Waals surface area contributed by atoms with Gasteiger partial charge in [-0.15, -0.1) is 0 Å². The highest BCUT2D eigenvalue weighted by atomic mass is 16.6. The molecule has 3 rings (SSSR count). The topological polar surface area (TPSA) is 130 Å². The Labute approximate surface area is 159 Å². The molecule has 4 amide bonds. The van der Waals surface area contributed by atoms with Gasteiger partial charge in [0.1, 0.15) is 5.54 Å². The van der Waals surface area contributed by atoms with Gasteiger partial charge < -0.3 is 10.6 Å². The van der Waals surface area contributed by atoms with Crippen molar-refractivity contribution in [3.05, 3.63) is 75.8 Å². The van der Waals surface area contributed by atoms with Gasteiger partial charge in [0.2, 0.25) is 5.91 Å². The Balaban J connectivity index is 1.73. The lowest BCUT2D eigenvalue weighted by Crippen LogP contribution is -2.40. The second-order valence-electron chi connectivity index (χ2n) is 6.29. The molecule has 0 saturated carbocycles. The predicted molar refractivity (Wildman–Crippen MR) is 101 cm³/mol. The molecule has 28 heavy (non-hydrogen) atoms. The van der Waals surface area contributed by atoms with E-state index in [-0.39, 0.29) is 5.69 Å². The van der Waals surface area contributed by atoms with E-state index in [0.29, 0.717) is 16.8 Å². The number of nitrogens with one attached hydrogen (secondary N) is 3. The number of nitro benzene ring substituents is 1. The molecule has 0 aliphatic carbocycles. The summed E-state index contributed by atoms with van der Waals surface area (Å²) in [5.74, 6) is -0.930. The number of benzene rings is 2. The SMILES string of the molecule is C[C@@]1(c2cccc(NC(=O)/C=C/c3cccc([N+](=O)[O-])c3)c2)NC(=O)NC1=O. The average molecular weight is 380 g/mol. The number of carbonyl (C=O) groups excluding carboxylic acids is 3. The predicted octanol–water partition coefficient (Wildman–Crippen LogP) is 2.30. The van der Waals surface area contributed by atoms with Gasteiger partial charge in [-0.3, -0.25) is 25.0 Å². The van der Waals surface area contributed by atoms with E-state index in [0.717, 1.165) is 0 Å². The van der Waals surface area contributed by atoms with E-state index >= 15 is 0 Å². The minimum atomic E-state index is -1.23. The zero-order valence-corrected chi connectivity index (χ0v) is 14.8. The lowest BCUT2D eigenvalue weighted by atomic mass is 9.92. The maximum atomic E-state index is 12.2. The number of imide groups is 1. The first-order chi connectivity index (χ1) is 13.3. The zero-order valence-electron chi connectivity index (χ0n) is 14.8. The van der Waals surface area contributed by atoms with Crippen molar-refractivity contribution in [1.82, 2.24) is 10.6 Å². The molecule has 0 bridgehead atoms. The van der Waals surface area contributed by atoms with Crippen molar-refractivity contribution >= 4 is 35.3 Å². The third-order valence-electron chi connectivity index (χ3n) is 4.26. The second-order valence-corrected chi connectivity index (χ2v) is 6.29. The number of hydrogen-bond donors (Lipinski definition) is 3. The van der Waals surface area contributed by atoms with E-state index in [2.05, 4.69) is 16.0 Å². The van der Waals surface area contributed by atoms with Crippen LogP contribution in [0.5, 0.6) is 0 Å². The first-order valence-electron chi connectivity index (χ1n) is 8.25. The maximum Gasteiger partial charge on any atom is 0.322 e. The number of carbonyl (C=O) groups is 3. The fourth-order valence-corrected chi connectivity index (χ4v) is 2.75. The monoisotopic (exact) mass is 380 g/mol. The summed E-state index contributed by atoms with van der Waals surface area (Å²) in [4.78, 5) is 45.9. The van der Waals surface area contributed by atoms with Gasteiger partial charge in [0.25, 0.3) is 11.6 Å². The average Bonchev–Trinajstić information content (AvgIpc) is 2.93. The van der Waals surface area contributed by atoms with Gasteiger partial charge in [-0.2, -0.15) is 0 Å². The summed E-state index contributed by atoms with van der Waals surface area (Å²) in [6, 6.07) is 11.8. The molecule has 1 saturated heterocycles. The first-order valence-corrected chi connectivity index (χ1v) is 8.25. The Bertz CT molecular complexity index is 1020. The van der Waals surface area contributed by atoms with E-state index < -0.39 is 28.3 Å². The van der Waals surface area contributed by atoms with Crippen molar-refractivity contribution in [3.8, 4) is 0 Å². The lowest BCUT2D eigenvalue weighted by molar-refractivity contribution is -0.384. The molecule has 3 N–H and O–H groups in total. The molecule has 142 valence electrons. The van der Waals surface area contributed by atoms with Gasteiger partial charge in [0, 0.05) is 23.9 Å². The van der Waals surface area contributed by atoms with E-state index in [1.54, 1.807) is 37.3 Å². The van der Waals surface area contributed by atoms with Crippen LogP contribution in [0.25, 0.3) is 6.08 Å². The van der Waals surface area contributed by atoms with E-state index in [1.165, 1.54) is 30.4 Å². The summed E-state index contributed by atoms with van der Waals surface area (Å²) in [7, 11) is 0. The Morgan fingerprint density at radius 2 is 1.93 bits per heavy atom. The van der Waals surface area contributed by atoms with Crippen LogP contribution in [-0.2, 0) is 15.1 Å². The molecular formula is C19H16N4O5. The van der Waals surface area contributed by atoms with Crippen molar-refractivity contribution in [2.75, 3.05) is 5.32 Å². The largest absolute Gasteiger partial charge is 0.323 e. The number of anilines is 1. The van der Waals surface area contributed by atoms with Crippen LogP contribution in [0.4, 0.5) is 16.2 Å². The van der Waals surface area contributed by atoms with Crippen molar-refractivity contribution in [3.63, 3.8) is 0 Å². The third-order valence-corrected chi connectivity index (χ3v) is 4.26. The Morgan fingerprint density at radius 1 is 1.18 bits per heavy atom. The molecule has 0 aromatic heterocycles. The van der Waals surface area contributed by atoms with Gasteiger partial charge in [-0.05, 0) is 36.3 Å². The van der Waals surface area contributed by atoms with Gasteiger partial charge in [-0.25, -0.2) is 4.79 Å². The summed E-state index contributed by atoms with van der Waals surface area (Å²) in [5.41, 5.74) is 0.158. The number of nitrogens with zero attached hydrogens (tertiary/aromatic N) is 1. The van der Waals surface area contributed by atoms with Gasteiger partial charge in [0.15, 0.2) is 0 Å². The van der Waals surface area contributed by atoms with Crippen molar-refractivity contribution < 1.29 is 19.3 Å². The van der Waals surface area contributed by atoms with Crippen LogP contribution < -0.4 is 16.0 Å². The minimum Gasteiger partial charge on any atom is -0.323 e. The van der Waals surface area contributed by atoms with Crippen molar-refractivity contribution in [1.29, 1.82) is 0 Å². The molecule has 2 aromatic rings. The Morgan fingerprint density at radius 3 is 2.61 bits per heavy atom. The number of non-ortho nitro benzene ring substituents is 1. The molecule has 9 heteroatoms. The number of rotatable bonds is 5. The molecule has 1 aliphatic rings. The van der Waals surface area contributed by atoms with Crippen LogP contribution in [0, 0.1) is 10.1 Å². The summed E-state index contributed by atoms with van der Waals surface area (Å²) >= 11 is 0. The summed E-state index contributed by atoms with van der Waals surface area (Å²) in [5, 5.41) is 18.2. The Hall–Kier alpha value is -4.01. The summed E-state index contributed by atoms with van der Waals surface area (Å²) < 4.78 is 0. The third kappa shape index (κ3) is 3.88. The van der Waals surface area contributed by atoms with E-state index in [1.807, 2.05) is 0 Å². The number of hydrogen-bond acceptors (Lipinski definition) is 5. The number of nitro groups is 1. The summed E-state index contributed by atoms with van der Waals surface area (Å²) in [6.07, 6.45) is 2.70. The first kappa shape index (κ1) is 18.8. The highest BCUT2D eigenvalue weighted by Gasteiger charge is 2.43. The van der Waals surface area contributed by atoms with Crippen LogP contribution in [-0.4, -0.2) is 22.8 Å². The molecule has 1 fully saturated rings. The maximum absolute atomic E-state index is 12.2. The fourth-order valence-electron chi connectivity index (χ4n) is 2.75. The van der Waals surface area contributed by atoms with Crippen molar-refractivity contribution in [2.45, 2.75) is 12.5 Å². The van der Waals surface area contributed by atoms with Gasteiger partial charge in [-0.1, -0.05) is 24.3 Å². The molecule has 1 atom stereocenters. The van der Waals surface area contributed by atoms with Crippen LogP contribution in [0.1, 0.15) is 18.1 Å². The molecule has 0 unspecified atom stereocenters. The Kier molecular flexibility index (Phi) is 4.90. The molecule has 2 aromatic carbocycles. The van der Waals surface area contributed by atoms with Crippen LogP contribution in [0.15, 0.2) is 54.6 Å². The zero-order chi connectivity index (χ0) is 20.3. The molecule has 0 radical (unpaired) electrons. The molecular weight excluding hydrogens is 364 g/mol. The highest BCUT2D eigenvalue weighted by Crippen LogP contribution is 2.26. The number of urea groups is 1. The van der Waals surface area contributed by atoms with Gasteiger partial charge >= 0.3 is 6.03 Å². The molecule has 1 heterocycles. The van der Waals surface area contributed by atoms with Gasteiger partial charge in [0.05, 0.1) is 4.92 Å². The fraction of sp³-hybridized carbons (Fsp3) is 0.105. The van der Waals surface area contributed by atoms with Crippen LogP contribution in [0.3, 0.4) is 0 Å². The quantitative estimate of drug-likeness (QED) is 0.317. The van der Waals surface area contributed by atoms with E-state index in [4.69, 9.17) is 0 Å². The normalized spacial score (nSPS) is 18.6. The standard InChI is InChI=1S/C19H16N4O5/c1-19(17(25)21-18(26)22-19)13-5-3-6-14(11-13)20-16(24)9-8-12-4-2-7-15(10-12)23(27)28/h2-11H,1H3,(H,20,24)(H2,21,22,25,26)/b9-8+/t19-/m0/s1. The smallest absolute Gasteiger partial charge is 0.322 e. The van der Waals surface area contributed by atoms with Crippen LogP contribution >= 0.6 is 0 Å². The van der Waals surface area contributed by atoms with E-state index in [9.17, 15) is 24.5 Å². The molecule has 1 aliphatic heterocycles. The van der Waals surface area contributed by atoms with Crippen molar-refractivity contribution in [2.24, 2.45) is 0 Å². The second kappa shape index (κ2) is 7.31. The summed E-state index contributed by atoms with van der Waals surface area (Å²) in [6.45, 7) is 1.57. The lowest BCUT2D eigenvalue weighted by Gasteiger charge is -2.21. The number of amides is 4. The highest BCUT2D eigenvalue weighted by molar-refractivity contribution is 6.07. The van der Waals surface area contributed by atoms with Crippen LogP contribution in [0.2, 0.25) is 0 Å². The minimum absolute atomic E-state index is 0.0691. The molecule has 9 nitrogen and oxygen atoms in total.